The zero-order valence-electron chi connectivity index (χ0n) is 14.1. The van der Waals surface area contributed by atoms with E-state index in [0.29, 0.717) is 11.6 Å². The lowest BCUT2D eigenvalue weighted by atomic mass is 10.2. The average molecular weight is 397 g/mol. The van der Waals surface area contributed by atoms with Gasteiger partial charge in [0.1, 0.15) is 5.69 Å². The van der Waals surface area contributed by atoms with Crippen LogP contribution in [0.15, 0.2) is 36.5 Å². The van der Waals surface area contributed by atoms with Gasteiger partial charge in [-0.3, -0.25) is 9.69 Å². The smallest absolute Gasteiger partial charge is 0.270 e. The normalized spacial score (nSPS) is 14.7. The largest absolute Gasteiger partial charge is 0.369 e. The summed E-state index contributed by atoms with van der Waals surface area (Å²) in [6, 6.07) is 9.87. The lowest BCUT2D eigenvalue weighted by molar-refractivity contribution is 0.0622. The number of halogens is 2. The molecule has 1 amide bonds. The van der Waals surface area contributed by atoms with Crippen LogP contribution in [0.4, 0.5) is 5.95 Å². The maximum Gasteiger partial charge on any atom is 0.270 e. The molecule has 4 N–H and O–H groups in total. The van der Waals surface area contributed by atoms with Gasteiger partial charge < -0.3 is 20.6 Å². The minimum Gasteiger partial charge on any atom is -0.369 e. The standard InChI is InChI=1S/C17H20N6O.2ClH/c18-17-19-10-13(20-17)11-22-5-7-23(8-6-22)16(24)15-9-12-3-1-2-4-14(12)21-15;;/h1-4,9-10,21H,5-8,11H2,(H3,18,19,20);2*1H. The Morgan fingerprint density at radius 1 is 1.12 bits per heavy atom. The van der Waals surface area contributed by atoms with Crippen LogP contribution in [-0.4, -0.2) is 56.8 Å². The van der Waals surface area contributed by atoms with Crippen molar-refractivity contribution in [1.29, 1.82) is 0 Å². The number of para-hydroxylation sites is 1. The van der Waals surface area contributed by atoms with E-state index in [-0.39, 0.29) is 30.7 Å². The lowest BCUT2D eigenvalue weighted by Crippen LogP contribution is -2.48. The Hall–Kier alpha value is -2.22. The molecule has 1 aliphatic rings. The van der Waals surface area contributed by atoms with Crippen LogP contribution in [0.2, 0.25) is 0 Å². The van der Waals surface area contributed by atoms with Crippen molar-refractivity contribution in [3.63, 3.8) is 0 Å². The average Bonchev–Trinajstić information content (AvgIpc) is 3.21. The van der Waals surface area contributed by atoms with E-state index < -0.39 is 0 Å². The number of fused-ring (bicyclic) bond motifs is 1. The number of benzene rings is 1. The van der Waals surface area contributed by atoms with Gasteiger partial charge in [0.15, 0.2) is 5.95 Å². The zero-order valence-corrected chi connectivity index (χ0v) is 15.8. The third kappa shape index (κ3) is 4.12. The van der Waals surface area contributed by atoms with Gasteiger partial charge in [-0.15, -0.1) is 24.8 Å². The first-order chi connectivity index (χ1) is 11.7. The van der Waals surface area contributed by atoms with Gasteiger partial charge in [0.05, 0.1) is 11.9 Å². The first-order valence-corrected chi connectivity index (χ1v) is 8.08. The highest BCUT2D eigenvalue weighted by Gasteiger charge is 2.23. The van der Waals surface area contributed by atoms with Crippen molar-refractivity contribution in [3.8, 4) is 0 Å². The Morgan fingerprint density at radius 2 is 1.85 bits per heavy atom. The fourth-order valence-electron chi connectivity index (χ4n) is 3.17. The second-order valence-corrected chi connectivity index (χ2v) is 6.13. The van der Waals surface area contributed by atoms with Crippen LogP contribution in [0.1, 0.15) is 16.2 Å². The van der Waals surface area contributed by atoms with Crippen molar-refractivity contribution in [1.82, 2.24) is 24.8 Å². The van der Waals surface area contributed by atoms with Gasteiger partial charge in [0, 0.05) is 43.6 Å². The van der Waals surface area contributed by atoms with Gasteiger partial charge in [-0.25, -0.2) is 4.98 Å². The van der Waals surface area contributed by atoms with Crippen LogP contribution in [0, 0.1) is 0 Å². The fourth-order valence-corrected chi connectivity index (χ4v) is 3.17. The molecule has 0 radical (unpaired) electrons. The van der Waals surface area contributed by atoms with E-state index in [4.69, 9.17) is 5.73 Å². The number of carbonyl (C=O) groups excluding carboxylic acids is 1. The second kappa shape index (κ2) is 8.44. The number of imidazole rings is 1. The van der Waals surface area contributed by atoms with Gasteiger partial charge in [-0.1, -0.05) is 18.2 Å². The third-order valence-corrected chi connectivity index (χ3v) is 4.46. The number of carbonyl (C=O) groups is 1. The number of amides is 1. The van der Waals surface area contributed by atoms with Crippen molar-refractivity contribution >= 4 is 47.6 Å². The maximum absolute atomic E-state index is 12.7. The molecule has 0 saturated carbocycles. The number of nitrogen functional groups attached to an aromatic ring is 1. The summed E-state index contributed by atoms with van der Waals surface area (Å²) in [5, 5.41) is 1.07. The number of anilines is 1. The van der Waals surface area contributed by atoms with Crippen LogP contribution < -0.4 is 5.73 Å². The van der Waals surface area contributed by atoms with Gasteiger partial charge in [0.25, 0.3) is 5.91 Å². The summed E-state index contributed by atoms with van der Waals surface area (Å²) >= 11 is 0. The molecule has 9 heteroatoms. The minimum absolute atomic E-state index is 0. The monoisotopic (exact) mass is 396 g/mol. The number of nitrogens with zero attached hydrogens (tertiary/aromatic N) is 3. The molecule has 2 aromatic heterocycles. The molecule has 0 unspecified atom stereocenters. The van der Waals surface area contributed by atoms with Crippen molar-refractivity contribution < 1.29 is 4.79 Å². The van der Waals surface area contributed by atoms with Crippen molar-refractivity contribution in [2.75, 3.05) is 31.9 Å². The molecule has 3 heterocycles. The van der Waals surface area contributed by atoms with E-state index >= 15 is 0 Å². The predicted molar refractivity (Wildman–Crippen MR) is 107 cm³/mol. The van der Waals surface area contributed by atoms with Gasteiger partial charge >= 0.3 is 0 Å². The second-order valence-electron chi connectivity index (χ2n) is 6.13. The molecule has 1 aromatic carbocycles. The summed E-state index contributed by atoms with van der Waals surface area (Å²) in [5.41, 5.74) is 8.26. The minimum atomic E-state index is 0. The molecule has 7 nitrogen and oxygen atoms in total. The van der Waals surface area contributed by atoms with Crippen LogP contribution >= 0.6 is 24.8 Å². The predicted octanol–water partition coefficient (Wildman–Crippen LogP) is 2.27. The molecule has 0 bridgehead atoms. The van der Waals surface area contributed by atoms with Crippen molar-refractivity contribution in [2.45, 2.75) is 6.54 Å². The van der Waals surface area contributed by atoms with Gasteiger partial charge in [-0.2, -0.15) is 0 Å². The Bertz CT molecular complexity index is 836. The van der Waals surface area contributed by atoms with Gasteiger partial charge in [-0.05, 0) is 12.1 Å². The number of aromatic amines is 2. The first-order valence-electron chi connectivity index (χ1n) is 8.08. The fraction of sp³-hybridized carbons (Fsp3) is 0.294. The number of rotatable bonds is 3. The Labute approximate surface area is 163 Å². The summed E-state index contributed by atoms with van der Waals surface area (Å²) in [7, 11) is 0. The summed E-state index contributed by atoms with van der Waals surface area (Å²) < 4.78 is 0. The van der Waals surface area contributed by atoms with E-state index in [1.165, 1.54) is 0 Å². The number of hydrogen-bond donors (Lipinski definition) is 3. The summed E-state index contributed by atoms with van der Waals surface area (Å²) in [6.07, 6.45) is 1.76. The number of H-pyrrole nitrogens is 2. The van der Waals surface area contributed by atoms with E-state index in [0.717, 1.165) is 49.3 Å². The SMILES string of the molecule is Cl.Cl.Nc1ncc(CN2CCN(C(=O)c3cc4ccccc4[nH]3)CC2)[nH]1. The molecule has 140 valence electrons. The molecule has 26 heavy (non-hydrogen) atoms. The quantitative estimate of drug-likeness (QED) is 0.632. The summed E-state index contributed by atoms with van der Waals surface area (Å²) in [4.78, 5) is 27.1. The van der Waals surface area contributed by atoms with Crippen molar-refractivity contribution in [3.05, 3.63) is 47.9 Å². The maximum atomic E-state index is 12.7. The Balaban J connectivity index is 0.00000121. The van der Waals surface area contributed by atoms with Crippen LogP contribution in [-0.2, 0) is 6.54 Å². The molecule has 4 rings (SSSR count). The van der Waals surface area contributed by atoms with E-state index in [9.17, 15) is 4.79 Å². The van der Waals surface area contributed by atoms with Crippen LogP contribution in [0.25, 0.3) is 10.9 Å². The number of piperazine rings is 1. The molecule has 0 spiro atoms. The van der Waals surface area contributed by atoms with Crippen molar-refractivity contribution in [2.24, 2.45) is 0 Å². The van der Waals surface area contributed by atoms with Crippen LogP contribution in [0.3, 0.4) is 0 Å². The third-order valence-electron chi connectivity index (χ3n) is 4.46. The molecule has 0 aliphatic carbocycles. The lowest BCUT2D eigenvalue weighted by Gasteiger charge is -2.34. The van der Waals surface area contributed by atoms with Gasteiger partial charge in [0.2, 0.25) is 0 Å². The number of hydrogen-bond acceptors (Lipinski definition) is 4. The molecule has 1 saturated heterocycles. The summed E-state index contributed by atoms with van der Waals surface area (Å²) in [5.74, 6) is 0.509. The molecule has 0 atom stereocenters. The number of nitrogens with one attached hydrogen (secondary N) is 2. The Morgan fingerprint density at radius 3 is 2.50 bits per heavy atom. The molecule has 3 aromatic rings. The number of nitrogens with two attached hydrogens (primary N) is 1. The van der Waals surface area contributed by atoms with E-state index in [2.05, 4.69) is 19.9 Å². The topological polar surface area (TPSA) is 94.0 Å². The molecular formula is C17H22Cl2N6O. The molecule has 1 aliphatic heterocycles. The molecule has 1 fully saturated rings. The highest BCUT2D eigenvalue weighted by atomic mass is 35.5. The number of aromatic nitrogens is 3. The Kier molecular flexibility index (Phi) is 6.52. The highest BCUT2D eigenvalue weighted by molar-refractivity contribution is 5.98. The van der Waals surface area contributed by atoms with E-state index in [1.807, 2.05) is 35.2 Å². The van der Waals surface area contributed by atoms with Crippen LogP contribution in [0.5, 0.6) is 0 Å². The zero-order chi connectivity index (χ0) is 16.5. The highest BCUT2D eigenvalue weighted by Crippen LogP contribution is 2.17. The first kappa shape index (κ1) is 20.1. The van der Waals surface area contributed by atoms with E-state index in [1.54, 1.807) is 6.20 Å². The summed E-state index contributed by atoms with van der Waals surface area (Å²) in [6.45, 7) is 3.89. The molecular weight excluding hydrogens is 375 g/mol.